The summed E-state index contributed by atoms with van der Waals surface area (Å²) < 4.78 is 15.1. The highest BCUT2D eigenvalue weighted by molar-refractivity contribution is 6.30. The third-order valence-corrected chi connectivity index (χ3v) is 5.94. The van der Waals surface area contributed by atoms with E-state index in [4.69, 9.17) is 16.6 Å². The van der Waals surface area contributed by atoms with Crippen molar-refractivity contribution < 1.29 is 9.18 Å². The lowest BCUT2D eigenvalue weighted by molar-refractivity contribution is 0.0706. The predicted octanol–water partition coefficient (Wildman–Crippen LogP) is 5.21. The van der Waals surface area contributed by atoms with Crippen LogP contribution in [0.4, 0.5) is 4.39 Å². The maximum absolute atomic E-state index is 13.2. The van der Waals surface area contributed by atoms with E-state index in [-0.39, 0.29) is 17.6 Å². The fourth-order valence-electron chi connectivity index (χ4n) is 4.14. The number of nitrogens with zero attached hydrogens (tertiary/aromatic N) is 4. The van der Waals surface area contributed by atoms with Crippen molar-refractivity contribution >= 4 is 23.2 Å². The molecule has 1 aliphatic rings. The van der Waals surface area contributed by atoms with Gasteiger partial charge in [0.1, 0.15) is 11.5 Å². The summed E-state index contributed by atoms with van der Waals surface area (Å²) in [6.07, 6.45) is 5.48. The van der Waals surface area contributed by atoms with E-state index >= 15 is 0 Å². The van der Waals surface area contributed by atoms with E-state index in [2.05, 4.69) is 4.98 Å². The van der Waals surface area contributed by atoms with Crippen molar-refractivity contribution in [3.63, 3.8) is 0 Å². The first-order valence-corrected chi connectivity index (χ1v) is 10.6. The van der Waals surface area contributed by atoms with Crippen LogP contribution < -0.4 is 0 Å². The normalized spacial score (nSPS) is 16.6. The van der Waals surface area contributed by atoms with Crippen LogP contribution in [0.2, 0.25) is 5.02 Å². The van der Waals surface area contributed by atoms with E-state index in [1.54, 1.807) is 6.20 Å². The molecule has 0 N–H and O–H groups in total. The van der Waals surface area contributed by atoms with Gasteiger partial charge in [-0.2, -0.15) is 0 Å². The van der Waals surface area contributed by atoms with Crippen molar-refractivity contribution in [3.05, 3.63) is 89.1 Å². The van der Waals surface area contributed by atoms with Crippen molar-refractivity contribution in [2.75, 3.05) is 13.1 Å². The molecular weight excluding hydrogens is 415 g/mol. The van der Waals surface area contributed by atoms with Crippen molar-refractivity contribution in [2.24, 2.45) is 0 Å². The van der Waals surface area contributed by atoms with E-state index in [0.29, 0.717) is 23.7 Å². The number of carbonyl (C=O) groups is 1. The number of hydrogen-bond acceptors (Lipinski definition) is 3. The van der Waals surface area contributed by atoms with Crippen LogP contribution in [0.1, 0.15) is 34.8 Å². The molecule has 3 aromatic heterocycles. The number of piperidine rings is 1. The predicted molar refractivity (Wildman–Crippen MR) is 118 cm³/mol. The van der Waals surface area contributed by atoms with Gasteiger partial charge in [0, 0.05) is 36.5 Å². The summed E-state index contributed by atoms with van der Waals surface area (Å²) >= 11 is 6.17. The lowest BCUT2D eigenvalue weighted by Crippen LogP contribution is -2.39. The zero-order valence-electron chi connectivity index (χ0n) is 16.7. The molecule has 0 aliphatic carbocycles. The number of likely N-dealkylation sites (tertiary alicyclic amines) is 1. The number of amides is 1. The zero-order chi connectivity index (χ0) is 21.4. The Balaban J connectivity index is 1.41. The quantitative estimate of drug-likeness (QED) is 0.445. The monoisotopic (exact) mass is 434 g/mol. The van der Waals surface area contributed by atoms with Gasteiger partial charge in [-0.25, -0.2) is 9.37 Å². The minimum Gasteiger partial charge on any atom is -0.338 e. The van der Waals surface area contributed by atoms with Gasteiger partial charge in [0.25, 0.3) is 5.91 Å². The molecule has 0 spiro atoms. The fourth-order valence-corrected chi connectivity index (χ4v) is 4.30. The number of halogens is 2. The van der Waals surface area contributed by atoms with Crippen LogP contribution in [0.3, 0.4) is 0 Å². The third kappa shape index (κ3) is 3.91. The van der Waals surface area contributed by atoms with Crippen molar-refractivity contribution in [1.82, 2.24) is 19.3 Å². The Hall–Kier alpha value is -3.25. The van der Waals surface area contributed by atoms with Crippen molar-refractivity contribution in [1.29, 1.82) is 0 Å². The third-order valence-electron chi connectivity index (χ3n) is 5.72. The summed E-state index contributed by atoms with van der Waals surface area (Å²) in [6, 6.07) is 15.4. The molecule has 5 nitrogen and oxygen atoms in total. The highest BCUT2D eigenvalue weighted by Gasteiger charge is 2.26. The van der Waals surface area contributed by atoms with Crippen LogP contribution >= 0.6 is 11.6 Å². The van der Waals surface area contributed by atoms with E-state index in [0.717, 1.165) is 35.6 Å². The van der Waals surface area contributed by atoms with Gasteiger partial charge >= 0.3 is 0 Å². The standard InChI is InChI=1S/C24H20ClFN4O/c25-18-8-11-23-27-13-22(30(23)15-18)21-5-1-4-20(28-21)17-3-2-12-29(14-17)24(31)16-6-9-19(26)10-7-16/h1,4-11,13,15,17H,2-3,12,14H2. The van der Waals surface area contributed by atoms with E-state index in [9.17, 15) is 9.18 Å². The first-order valence-electron chi connectivity index (χ1n) is 10.2. The van der Waals surface area contributed by atoms with Crippen LogP contribution in [0.5, 0.6) is 0 Å². The largest absolute Gasteiger partial charge is 0.338 e. The first-order chi connectivity index (χ1) is 15.1. The van der Waals surface area contributed by atoms with Gasteiger partial charge in [-0.15, -0.1) is 0 Å². The number of fused-ring (bicyclic) bond motifs is 1. The highest BCUT2D eigenvalue weighted by Crippen LogP contribution is 2.29. The number of rotatable bonds is 3. The molecule has 5 rings (SSSR count). The molecule has 1 unspecified atom stereocenters. The van der Waals surface area contributed by atoms with Crippen LogP contribution in [0.15, 0.2) is 67.0 Å². The topological polar surface area (TPSA) is 50.5 Å². The number of pyridine rings is 2. The minimum atomic E-state index is -0.345. The lowest BCUT2D eigenvalue weighted by atomic mass is 9.93. The van der Waals surface area contributed by atoms with E-state index in [1.807, 2.05) is 45.8 Å². The average Bonchev–Trinajstić information content (AvgIpc) is 3.22. The van der Waals surface area contributed by atoms with Crippen molar-refractivity contribution in [3.8, 4) is 11.4 Å². The van der Waals surface area contributed by atoms with Crippen LogP contribution in [-0.4, -0.2) is 38.3 Å². The molecule has 0 bridgehead atoms. The zero-order valence-corrected chi connectivity index (χ0v) is 17.5. The van der Waals surface area contributed by atoms with Gasteiger partial charge in [0.15, 0.2) is 0 Å². The maximum atomic E-state index is 13.2. The highest BCUT2D eigenvalue weighted by atomic mass is 35.5. The Bertz CT molecular complexity index is 1250. The molecule has 1 aromatic carbocycles. The summed E-state index contributed by atoms with van der Waals surface area (Å²) in [4.78, 5) is 24.1. The Morgan fingerprint density at radius 2 is 1.94 bits per heavy atom. The molecule has 31 heavy (non-hydrogen) atoms. The molecule has 4 heterocycles. The molecule has 0 radical (unpaired) electrons. The van der Waals surface area contributed by atoms with Gasteiger partial charge in [0.2, 0.25) is 0 Å². The molecule has 1 amide bonds. The second-order valence-electron chi connectivity index (χ2n) is 7.76. The Labute approximate surface area is 184 Å². The Kier molecular flexibility index (Phi) is 5.16. The minimum absolute atomic E-state index is 0.0720. The van der Waals surface area contributed by atoms with E-state index in [1.165, 1.54) is 24.3 Å². The number of carbonyl (C=O) groups excluding carboxylic acids is 1. The van der Waals surface area contributed by atoms with Crippen LogP contribution in [-0.2, 0) is 0 Å². The van der Waals surface area contributed by atoms with E-state index < -0.39 is 0 Å². The van der Waals surface area contributed by atoms with Gasteiger partial charge in [-0.3, -0.25) is 14.2 Å². The van der Waals surface area contributed by atoms with Crippen molar-refractivity contribution in [2.45, 2.75) is 18.8 Å². The molecule has 1 saturated heterocycles. The van der Waals surface area contributed by atoms with Crippen LogP contribution in [0.25, 0.3) is 17.0 Å². The lowest BCUT2D eigenvalue weighted by Gasteiger charge is -2.32. The molecule has 1 atom stereocenters. The SMILES string of the molecule is O=C(c1ccc(F)cc1)N1CCCC(c2cccc(-c3cnc4ccc(Cl)cn34)n2)C1. The second-order valence-corrected chi connectivity index (χ2v) is 8.20. The maximum Gasteiger partial charge on any atom is 0.253 e. The summed E-state index contributed by atoms with van der Waals surface area (Å²) in [7, 11) is 0. The van der Waals surface area contributed by atoms with Gasteiger partial charge < -0.3 is 4.90 Å². The average molecular weight is 435 g/mol. The molecule has 1 fully saturated rings. The molecule has 156 valence electrons. The molecule has 0 saturated carbocycles. The molecular formula is C24H20ClFN4O. The van der Waals surface area contributed by atoms with Crippen LogP contribution in [0, 0.1) is 5.82 Å². The fraction of sp³-hybridized carbons (Fsp3) is 0.208. The second kappa shape index (κ2) is 8.12. The molecule has 1 aliphatic heterocycles. The number of benzene rings is 1. The summed E-state index contributed by atoms with van der Waals surface area (Å²) in [5, 5.41) is 0.630. The smallest absolute Gasteiger partial charge is 0.253 e. The van der Waals surface area contributed by atoms with Gasteiger partial charge in [-0.05, 0) is 61.4 Å². The van der Waals surface area contributed by atoms with Gasteiger partial charge in [0.05, 0.1) is 22.6 Å². The first kappa shape index (κ1) is 19.7. The van der Waals surface area contributed by atoms with Gasteiger partial charge in [-0.1, -0.05) is 17.7 Å². The number of hydrogen-bond donors (Lipinski definition) is 0. The Morgan fingerprint density at radius 1 is 1.10 bits per heavy atom. The number of aromatic nitrogens is 3. The summed E-state index contributed by atoms with van der Waals surface area (Å²) in [6.45, 7) is 1.28. The molecule has 4 aromatic rings. The molecule has 7 heteroatoms. The summed E-state index contributed by atoms with van der Waals surface area (Å²) in [5.74, 6) is -0.277. The Morgan fingerprint density at radius 3 is 2.77 bits per heavy atom. The summed E-state index contributed by atoms with van der Waals surface area (Å²) in [5.41, 5.74) is 3.95. The number of imidazole rings is 1.